The van der Waals surface area contributed by atoms with E-state index < -0.39 is 5.97 Å². The molecule has 0 bridgehead atoms. The molecule has 0 aliphatic rings. The van der Waals surface area contributed by atoms with Crippen molar-refractivity contribution in [2.24, 2.45) is 4.99 Å². The zero-order valence-corrected chi connectivity index (χ0v) is 17.2. The molecule has 2 aromatic carbocycles. The van der Waals surface area contributed by atoms with Crippen LogP contribution in [0.25, 0.3) is 0 Å². The van der Waals surface area contributed by atoms with Crippen molar-refractivity contribution in [3.63, 3.8) is 0 Å². The van der Waals surface area contributed by atoms with E-state index >= 15 is 0 Å². The molecule has 28 heavy (non-hydrogen) atoms. The minimum absolute atomic E-state index is 0.318. The number of aryl methyl sites for hydroxylation is 2. The van der Waals surface area contributed by atoms with Crippen molar-refractivity contribution in [2.75, 3.05) is 12.4 Å². The topological polar surface area (TPSA) is 79.5 Å². The highest BCUT2D eigenvalue weighted by molar-refractivity contribution is 7.07. The Morgan fingerprint density at radius 2 is 1.89 bits per heavy atom. The second kappa shape index (κ2) is 8.41. The monoisotopic (exact) mass is 414 g/mol. The van der Waals surface area contributed by atoms with Crippen molar-refractivity contribution in [2.45, 2.75) is 13.8 Å². The molecule has 0 aliphatic heterocycles. The van der Waals surface area contributed by atoms with E-state index in [1.165, 1.54) is 18.6 Å². The van der Waals surface area contributed by atoms with E-state index in [1.54, 1.807) is 34.3 Å². The van der Waals surface area contributed by atoms with Crippen molar-refractivity contribution in [1.82, 2.24) is 3.96 Å². The van der Waals surface area contributed by atoms with Gasteiger partial charge in [-0.25, -0.2) is 13.7 Å². The Hall–Kier alpha value is -2.90. The second-order valence-corrected chi connectivity index (χ2v) is 7.69. The Morgan fingerprint density at radius 3 is 2.46 bits per heavy atom. The number of esters is 1. The third-order valence-corrected chi connectivity index (χ3v) is 5.30. The first-order valence-electron chi connectivity index (χ1n) is 8.42. The molecule has 1 heterocycles. The van der Waals surface area contributed by atoms with Crippen LogP contribution in [0.3, 0.4) is 0 Å². The third kappa shape index (κ3) is 4.49. The van der Waals surface area contributed by atoms with Gasteiger partial charge in [-0.3, -0.25) is 5.41 Å². The smallest absolute Gasteiger partial charge is 0.337 e. The number of ether oxygens (including phenoxy) is 1. The van der Waals surface area contributed by atoms with E-state index in [0.29, 0.717) is 27.7 Å². The van der Waals surface area contributed by atoms with E-state index in [4.69, 9.17) is 21.7 Å². The van der Waals surface area contributed by atoms with Gasteiger partial charge in [-0.1, -0.05) is 29.2 Å². The summed E-state index contributed by atoms with van der Waals surface area (Å²) in [5.41, 5.74) is 3.13. The summed E-state index contributed by atoms with van der Waals surface area (Å²) in [4.78, 5) is 17.2. The van der Waals surface area contributed by atoms with Gasteiger partial charge in [0.1, 0.15) is 5.49 Å². The number of nitrogens with zero attached hydrogens (tertiary/aromatic N) is 2. The Labute approximate surface area is 171 Å². The van der Waals surface area contributed by atoms with Crippen LogP contribution in [-0.2, 0) is 4.74 Å². The summed E-state index contributed by atoms with van der Waals surface area (Å²) < 4.78 is 6.41. The highest BCUT2D eigenvalue weighted by Gasteiger charge is 2.10. The molecule has 2 N–H and O–H groups in total. The first-order chi connectivity index (χ1) is 13.4. The minimum atomic E-state index is -0.403. The lowest BCUT2D eigenvalue weighted by atomic mass is 10.2. The highest BCUT2D eigenvalue weighted by Crippen LogP contribution is 2.21. The van der Waals surface area contributed by atoms with E-state index in [0.717, 1.165) is 16.1 Å². The summed E-state index contributed by atoms with van der Waals surface area (Å²) in [6.45, 7) is 3.87. The molecular weight excluding hydrogens is 396 g/mol. The van der Waals surface area contributed by atoms with Crippen molar-refractivity contribution >= 4 is 46.4 Å². The number of hydrogen-bond donors (Lipinski definition) is 2. The number of carbonyl (C=O) groups excluding carboxylic acids is 1. The second-order valence-electron chi connectivity index (χ2n) is 6.09. The first kappa shape index (κ1) is 19.9. The number of anilines is 1. The van der Waals surface area contributed by atoms with Crippen LogP contribution in [0.4, 0.5) is 11.4 Å². The van der Waals surface area contributed by atoms with Crippen molar-refractivity contribution in [3.8, 4) is 0 Å². The van der Waals surface area contributed by atoms with Gasteiger partial charge in [0.2, 0.25) is 5.96 Å². The molecule has 6 nitrogen and oxygen atoms in total. The van der Waals surface area contributed by atoms with Crippen LogP contribution in [0.15, 0.2) is 53.5 Å². The largest absolute Gasteiger partial charge is 0.465 e. The number of benzene rings is 2. The average molecular weight is 415 g/mol. The van der Waals surface area contributed by atoms with Gasteiger partial charge in [-0.2, -0.15) is 0 Å². The fourth-order valence-electron chi connectivity index (χ4n) is 2.46. The molecule has 1 aromatic heterocycles. The van der Waals surface area contributed by atoms with Gasteiger partial charge in [0.15, 0.2) is 0 Å². The fraction of sp³-hybridized carbons (Fsp3) is 0.150. The number of carbonyl (C=O) groups is 1. The number of aliphatic imine (C=N–C) groups is 1. The molecule has 0 amide bonds. The number of halogens is 1. The van der Waals surface area contributed by atoms with Crippen LogP contribution in [0, 0.1) is 19.3 Å². The van der Waals surface area contributed by atoms with Crippen LogP contribution in [0.2, 0.25) is 5.02 Å². The van der Waals surface area contributed by atoms with Crippen molar-refractivity contribution in [1.29, 1.82) is 5.41 Å². The van der Waals surface area contributed by atoms with Gasteiger partial charge >= 0.3 is 5.97 Å². The Balaban J connectivity index is 2.01. The SMILES string of the molecule is COC(=O)c1ccc(N=C(Nc2ccc(C)c(Cl)c2)n2sc(C)cc2=N)cc1. The summed E-state index contributed by atoms with van der Waals surface area (Å²) in [5.74, 6) is 0.0636. The zero-order valence-electron chi connectivity index (χ0n) is 15.6. The maximum absolute atomic E-state index is 11.6. The summed E-state index contributed by atoms with van der Waals surface area (Å²) in [7, 11) is 1.34. The first-order valence-corrected chi connectivity index (χ1v) is 9.57. The van der Waals surface area contributed by atoms with Crippen LogP contribution in [0.1, 0.15) is 20.8 Å². The molecule has 0 atom stereocenters. The lowest BCUT2D eigenvalue weighted by Gasteiger charge is -2.12. The number of methoxy groups -OCH3 is 1. The van der Waals surface area contributed by atoms with Gasteiger partial charge in [0.25, 0.3) is 0 Å². The molecule has 0 unspecified atom stereocenters. The van der Waals surface area contributed by atoms with Crippen molar-refractivity contribution < 1.29 is 9.53 Å². The molecule has 0 fully saturated rings. The molecule has 0 saturated carbocycles. The molecule has 144 valence electrons. The summed E-state index contributed by atoms with van der Waals surface area (Å²) in [5, 5.41) is 12.1. The standard InChI is InChI=1S/C20H19ClN4O2S/c1-12-4-7-16(11-17(12)21)24-20(25-18(22)10-13(2)28-25)23-15-8-5-14(6-9-15)19(26)27-3/h4-11,22H,1-3H3,(H,23,24). The molecule has 0 radical (unpaired) electrons. The van der Waals surface area contributed by atoms with E-state index in [-0.39, 0.29) is 0 Å². The van der Waals surface area contributed by atoms with Gasteiger partial charge in [-0.05, 0) is 61.9 Å². The predicted octanol–water partition coefficient (Wildman–Crippen LogP) is 4.73. The molecule has 3 aromatic rings. The van der Waals surface area contributed by atoms with Crippen LogP contribution in [0.5, 0.6) is 0 Å². The lowest BCUT2D eigenvalue weighted by Crippen LogP contribution is -2.28. The van der Waals surface area contributed by atoms with Gasteiger partial charge in [0, 0.05) is 15.6 Å². The molecule has 0 spiro atoms. The predicted molar refractivity (Wildman–Crippen MR) is 113 cm³/mol. The summed E-state index contributed by atoms with van der Waals surface area (Å²) in [6, 6.07) is 14.2. The van der Waals surface area contributed by atoms with Crippen molar-refractivity contribution in [3.05, 3.63) is 75.0 Å². The normalized spacial score (nSPS) is 11.4. The number of nitrogens with one attached hydrogen (secondary N) is 2. The maximum atomic E-state index is 11.6. The Bertz CT molecular complexity index is 1100. The number of aromatic nitrogens is 1. The minimum Gasteiger partial charge on any atom is -0.465 e. The molecule has 0 saturated heterocycles. The Kier molecular flexibility index (Phi) is 5.96. The molecule has 3 rings (SSSR count). The van der Waals surface area contributed by atoms with Gasteiger partial charge < -0.3 is 10.1 Å². The van der Waals surface area contributed by atoms with Gasteiger partial charge in [0.05, 0.1) is 18.4 Å². The zero-order chi connectivity index (χ0) is 20.3. The summed E-state index contributed by atoms with van der Waals surface area (Å²) in [6.07, 6.45) is 0. The lowest BCUT2D eigenvalue weighted by molar-refractivity contribution is 0.0601. The molecule has 8 heteroatoms. The van der Waals surface area contributed by atoms with E-state index in [2.05, 4.69) is 10.3 Å². The van der Waals surface area contributed by atoms with Gasteiger partial charge in [-0.15, -0.1) is 0 Å². The highest BCUT2D eigenvalue weighted by atomic mass is 35.5. The van der Waals surface area contributed by atoms with E-state index in [1.807, 2.05) is 32.0 Å². The number of rotatable bonds is 3. The van der Waals surface area contributed by atoms with Crippen LogP contribution < -0.4 is 10.8 Å². The van der Waals surface area contributed by atoms with Crippen LogP contribution in [-0.4, -0.2) is 23.0 Å². The summed E-state index contributed by atoms with van der Waals surface area (Å²) >= 11 is 7.64. The average Bonchev–Trinajstić information content (AvgIpc) is 3.02. The Morgan fingerprint density at radius 1 is 1.18 bits per heavy atom. The molecule has 0 aliphatic carbocycles. The maximum Gasteiger partial charge on any atom is 0.337 e. The van der Waals surface area contributed by atoms with Crippen LogP contribution >= 0.6 is 23.1 Å². The fourth-order valence-corrected chi connectivity index (χ4v) is 3.42. The third-order valence-electron chi connectivity index (χ3n) is 3.94. The quantitative estimate of drug-likeness (QED) is 0.369. The number of hydrogen-bond acceptors (Lipinski definition) is 5. The molecular formula is C20H19ClN4O2S. The van der Waals surface area contributed by atoms with E-state index in [9.17, 15) is 4.79 Å².